The minimum Gasteiger partial charge on any atom is -0.488 e. The molecule has 2 aromatic carbocycles. The Balaban J connectivity index is 2.19. The molecule has 0 fully saturated rings. The second kappa shape index (κ2) is 6.29. The van der Waals surface area contributed by atoms with Crippen LogP contribution in [-0.4, -0.2) is 11.2 Å². The molecule has 0 amide bonds. The van der Waals surface area contributed by atoms with E-state index < -0.39 is 4.92 Å². The highest BCUT2D eigenvalue weighted by atomic mass is 79.9. The van der Waals surface area contributed by atoms with Crippen LogP contribution >= 0.6 is 15.9 Å². The van der Waals surface area contributed by atoms with Crippen LogP contribution in [0.25, 0.3) is 0 Å². The molecule has 0 bridgehead atoms. The minimum absolute atomic E-state index is 0.139. The summed E-state index contributed by atoms with van der Waals surface area (Å²) in [5.74, 6) is 0.321. The minimum atomic E-state index is -0.551. The van der Waals surface area contributed by atoms with Crippen LogP contribution < -0.4 is 4.74 Å². The number of rotatable bonds is 5. The average Bonchev–Trinajstić information content (AvgIpc) is 2.46. The number of hydrogen-bond donors (Lipinski definition) is 0. The molecular formula is C14H10BrNO4. The number of carbonyl (C=O) groups is 1. The third-order valence-electron chi connectivity index (χ3n) is 2.67. The predicted octanol–water partition coefficient (Wildman–Crippen LogP) is 3.75. The number of aldehydes is 1. The van der Waals surface area contributed by atoms with Gasteiger partial charge in [0.05, 0.1) is 10.5 Å². The van der Waals surface area contributed by atoms with Crippen molar-refractivity contribution >= 4 is 27.9 Å². The molecule has 5 nitrogen and oxygen atoms in total. The van der Waals surface area contributed by atoms with Crippen molar-refractivity contribution in [2.75, 3.05) is 0 Å². The van der Waals surface area contributed by atoms with Gasteiger partial charge >= 0.3 is 0 Å². The summed E-state index contributed by atoms with van der Waals surface area (Å²) in [6.07, 6.45) is 0.544. The molecular weight excluding hydrogens is 326 g/mol. The molecule has 0 aliphatic heterocycles. The maximum absolute atomic E-state index is 11.0. The van der Waals surface area contributed by atoms with E-state index in [0.717, 1.165) is 10.0 Å². The second-order valence-corrected chi connectivity index (χ2v) is 4.83. The zero-order valence-electron chi connectivity index (χ0n) is 10.3. The number of nitro benzene ring substituents is 1. The number of hydrogen-bond acceptors (Lipinski definition) is 4. The van der Waals surface area contributed by atoms with Crippen molar-refractivity contribution in [2.45, 2.75) is 6.61 Å². The summed E-state index contributed by atoms with van der Waals surface area (Å²) < 4.78 is 6.44. The molecule has 0 saturated carbocycles. The molecule has 0 heterocycles. The van der Waals surface area contributed by atoms with E-state index in [-0.39, 0.29) is 17.9 Å². The number of non-ortho nitro benzene ring substituents is 1. The summed E-state index contributed by atoms with van der Waals surface area (Å²) in [5, 5.41) is 10.6. The predicted molar refractivity (Wildman–Crippen MR) is 77.0 cm³/mol. The highest BCUT2D eigenvalue weighted by Gasteiger charge is 2.11. The summed E-state index contributed by atoms with van der Waals surface area (Å²) >= 11 is 3.40. The van der Waals surface area contributed by atoms with Crippen molar-refractivity contribution in [2.24, 2.45) is 0 Å². The first-order valence-corrected chi connectivity index (χ1v) is 6.51. The molecule has 20 heavy (non-hydrogen) atoms. The Kier molecular flexibility index (Phi) is 4.47. The Bertz CT molecular complexity index is 657. The number of halogens is 1. The summed E-state index contributed by atoms with van der Waals surface area (Å²) in [6, 6.07) is 11.5. The van der Waals surface area contributed by atoms with Gasteiger partial charge < -0.3 is 4.74 Å². The van der Waals surface area contributed by atoms with Crippen LogP contribution in [0.3, 0.4) is 0 Å². The number of benzene rings is 2. The van der Waals surface area contributed by atoms with Gasteiger partial charge in [0, 0.05) is 22.2 Å². The SMILES string of the molecule is O=Cc1cc([N+](=O)[O-])ccc1OCc1ccccc1Br. The highest BCUT2D eigenvalue weighted by Crippen LogP contribution is 2.25. The number of carbonyl (C=O) groups excluding carboxylic acids is 1. The van der Waals surface area contributed by atoms with Crippen LogP contribution in [0.1, 0.15) is 15.9 Å². The first-order chi connectivity index (χ1) is 9.61. The standard InChI is InChI=1S/C14H10BrNO4/c15-13-4-2-1-3-10(13)9-20-14-6-5-12(16(18)19)7-11(14)8-17/h1-8H,9H2. The van der Waals surface area contributed by atoms with Crippen LogP contribution in [-0.2, 0) is 6.61 Å². The van der Waals surface area contributed by atoms with Gasteiger partial charge in [-0.15, -0.1) is 0 Å². The van der Waals surface area contributed by atoms with E-state index in [4.69, 9.17) is 4.74 Å². The van der Waals surface area contributed by atoms with Crippen molar-refractivity contribution in [3.05, 3.63) is 68.2 Å². The Morgan fingerprint density at radius 3 is 2.65 bits per heavy atom. The molecule has 2 rings (SSSR count). The van der Waals surface area contributed by atoms with Crippen LogP contribution in [0.2, 0.25) is 0 Å². The second-order valence-electron chi connectivity index (χ2n) is 3.98. The third-order valence-corrected chi connectivity index (χ3v) is 3.45. The Morgan fingerprint density at radius 2 is 2.00 bits per heavy atom. The van der Waals surface area contributed by atoms with Crippen LogP contribution in [0, 0.1) is 10.1 Å². The van der Waals surface area contributed by atoms with E-state index >= 15 is 0 Å². The fraction of sp³-hybridized carbons (Fsp3) is 0.0714. The van der Waals surface area contributed by atoms with Crippen LogP contribution in [0.5, 0.6) is 5.75 Å². The van der Waals surface area contributed by atoms with Gasteiger partial charge in [0.25, 0.3) is 5.69 Å². The molecule has 0 aromatic heterocycles. The smallest absolute Gasteiger partial charge is 0.270 e. The van der Waals surface area contributed by atoms with E-state index in [1.807, 2.05) is 24.3 Å². The van der Waals surface area contributed by atoms with Gasteiger partial charge in [-0.25, -0.2) is 0 Å². The molecule has 0 spiro atoms. The quantitative estimate of drug-likeness (QED) is 0.474. The first kappa shape index (κ1) is 14.2. The number of nitrogens with zero attached hydrogens (tertiary/aromatic N) is 1. The zero-order valence-corrected chi connectivity index (χ0v) is 11.9. The van der Waals surface area contributed by atoms with E-state index in [2.05, 4.69) is 15.9 Å². The van der Waals surface area contributed by atoms with E-state index in [0.29, 0.717) is 12.0 Å². The molecule has 0 atom stereocenters. The van der Waals surface area contributed by atoms with Crippen LogP contribution in [0.4, 0.5) is 5.69 Å². The lowest BCUT2D eigenvalue weighted by Gasteiger charge is -2.09. The van der Waals surface area contributed by atoms with E-state index in [1.165, 1.54) is 18.2 Å². The maximum atomic E-state index is 11.0. The molecule has 0 N–H and O–H groups in total. The zero-order chi connectivity index (χ0) is 14.5. The van der Waals surface area contributed by atoms with E-state index in [9.17, 15) is 14.9 Å². The Labute approximate surface area is 123 Å². The summed E-state index contributed by atoms with van der Waals surface area (Å²) in [4.78, 5) is 21.1. The maximum Gasteiger partial charge on any atom is 0.270 e. The fourth-order valence-corrected chi connectivity index (χ4v) is 2.04. The Morgan fingerprint density at radius 1 is 1.25 bits per heavy atom. The van der Waals surface area contributed by atoms with Gasteiger partial charge in [0.1, 0.15) is 12.4 Å². The van der Waals surface area contributed by atoms with Gasteiger partial charge in [0.15, 0.2) is 6.29 Å². The van der Waals surface area contributed by atoms with Crippen LogP contribution in [0.15, 0.2) is 46.9 Å². The van der Waals surface area contributed by atoms with Gasteiger partial charge in [-0.05, 0) is 12.1 Å². The topological polar surface area (TPSA) is 69.4 Å². The molecule has 6 heteroatoms. The van der Waals surface area contributed by atoms with Gasteiger partial charge in [-0.3, -0.25) is 14.9 Å². The highest BCUT2D eigenvalue weighted by molar-refractivity contribution is 9.10. The lowest BCUT2D eigenvalue weighted by Crippen LogP contribution is -2.00. The monoisotopic (exact) mass is 335 g/mol. The van der Waals surface area contributed by atoms with E-state index in [1.54, 1.807) is 0 Å². The largest absolute Gasteiger partial charge is 0.488 e. The summed E-state index contributed by atoms with van der Waals surface area (Å²) in [7, 11) is 0. The van der Waals surface area contributed by atoms with Gasteiger partial charge in [-0.1, -0.05) is 34.1 Å². The average molecular weight is 336 g/mol. The van der Waals surface area contributed by atoms with Crippen molar-refractivity contribution in [1.29, 1.82) is 0 Å². The fourth-order valence-electron chi connectivity index (χ4n) is 1.64. The number of nitro groups is 1. The third kappa shape index (κ3) is 3.21. The molecule has 2 aromatic rings. The Hall–Kier alpha value is -2.21. The molecule has 0 radical (unpaired) electrons. The molecule has 102 valence electrons. The normalized spacial score (nSPS) is 10.1. The lowest BCUT2D eigenvalue weighted by molar-refractivity contribution is -0.384. The molecule has 0 saturated heterocycles. The van der Waals surface area contributed by atoms with Crippen molar-refractivity contribution in [3.63, 3.8) is 0 Å². The molecule has 0 aliphatic carbocycles. The molecule has 0 unspecified atom stereocenters. The molecule has 0 aliphatic rings. The summed E-state index contributed by atoms with van der Waals surface area (Å²) in [5.41, 5.74) is 0.939. The van der Waals surface area contributed by atoms with Crippen molar-refractivity contribution < 1.29 is 14.5 Å². The van der Waals surface area contributed by atoms with Gasteiger partial charge in [0.2, 0.25) is 0 Å². The first-order valence-electron chi connectivity index (χ1n) is 5.71. The number of ether oxygens (including phenoxy) is 1. The summed E-state index contributed by atoms with van der Waals surface area (Å²) in [6.45, 7) is 0.264. The lowest BCUT2D eigenvalue weighted by atomic mass is 10.2. The van der Waals surface area contributed by atoms with Crippen molar-refractivity contribution in [1.82, 2.24) is 0 Å². The van der Waals surface area contributed by atoms with Gasteiger partial charge in [-0.2, -0.15) is 0 Å². The van der Waals surface area contributed by atoms with Crippen molar-refractivity contribution in [3.8, 4) is 5.75 Å².